The lowest BCUT2D eigenvalue weighted by atomic mass is 10.2. The second-order valence-electron chi connectivity index (χ2n) is 4.88. The van der Waals surface area contributed by atoms with E-state index in [4.69, 9.17) is 16.1 Å². The van der Waals surface area contributed by atoms with Gasteiger partial charge in [0.05, 0.1) is 0 Å². The molecule has 0 aliphatic rings. The number of aliphatic imine (C=N–C) groups is 1. The molecule has 1 aromatic carbocycles. The summed E-state index contributed by atoms with van der Waals surface area (Å²) in [5.74, 6) is 1.91. The molecule has 0 saturated heterocycles. The van der Waals surface area contributed by atoms with Gasteiger partial charge in [-0.15, -0.1) is 24.0 Å². The minimum atomic E-state index is 0. The molecule has 0 saturated carbocycles. The number of hydrogen-bond donors (Lipinski definition) is 1. The van der Waals surface area contributed by atoms with Crippen LogP contribution in [0.1, 0.15) is 24.2 Å². The zero-order valence-electron chi connectivity index (χ0n) is 13.4. The quantitative estimate of drug-likeness (QED) is 0.431. The lowest BCUT2D eigenvalue weighted by molar-refractivity contribution is 0.387. The molecule has 6 nitrogen and oxygen atoms in total. The van der Waals surface area contributed by atoms with Gasteiger partial charge in [0, 0.05) is 32.1 Å². The smallest absolute Gasteiger partial charge is 0.223 e. The number of aryl methyl sites for hydroxylation is 1. The van der Waals surface area contributed by atoms with E-state index in [1.807, 2.05) is 43.1 Å². The van der Waals surface area contributed by atoms with Crippen LogP contribution >= 0.6 is 35.6 Å². The fourth-order valence-corrected chi connectivity index (χ4v) is 2.09. The number of halogens is 2. The first-order valence-corrected chi connectivity index (χ1v) is 7.49. The third-order valence-corrected chi connectivity index (χ3v) is 3.22. The monoisotopic (exact) mass is 449 g/mol. The van der Waals surface area contributed by atoms with Gasteiger partial charge in [-0.25, -0.2) is 4.99 Å². The molecule has 1 N–H and O–H groups in total. The van der Waals surface area contributed by atoms with E-state index in [0.29, 0.717) is 18.3 Å². The third-order valence-electron chi connectivity index (χ3n) is 2.97. The Labute approximate surface area is 158 Å². The van der Waals surface area contributed by atoms with Crippen LogP contribution in [0, 0.1) is 6.92 Å². The Bertz CT molecular complexity index is 629. The molecule has 0 bridgehead atoms. The third kappa shape index (κ3) is 6.34. The molecule has 0 atom stereocenters. The summed E-state index contributed by atoms with van der Waals surface area (Å²) in [6.07, 6.45) is 0. The van der Waals surface area contributed by atoms with Gasteiger partial charge in [0.2, 0.25) is 5.89 Å². The summed E-state index contributed by atoms with van der Waals surface area (Å²) in [7, 11) is 1.98. The number of hydrogen-bond acceptors (Lipinski definition) is 4. The number of guanidine groups is 1. The van der Waals surface area contributed by atoms with Gasteiger partial charge < -0.3 is 14.7 Å². The van der Waals surface area contributed by atoms with Crippen molar-refractivity contribution in [3.63, 3.8) is 0 Å². The summed E-state index contributed by atoms with van der Waals surface area (Å²) < 4.78 is 4.95. The van der Waals surface area contributed by atoms with Gasteiger partial charge in [-0.1, -0.05) is 28.9 Å². The van der Waals surface area contributed by atoms with Gasteiger partial charge >= 0.3 is 0 Å². The molecule has 8 heteroatoms. The predicted molar refractivity (Wildman–Crippen MR) is 102 cm³/mol. The molecule has 0 spiro atoms. The highest BCUT2D eigenvalue weighted by Crippen LogP contribution is 2.11. The van der Waals surface area contributed by atoms with Crippen molar-refractivity contribution in [3.8, 4) is 0 Å². The van der Waals surface area contributed by atoms with Gasteiger partial charge in [-0.05, 0) is 24.6 Å². The minimum Gasteiger partial charge on any atom is -0.357 e. The van der Waals surface area contributed by atoms with E-state index >= 15 is 0 Å². The van der Waals surface area contributed by atoms with E-state index in [1.165, 1.54) is 0 Å². The summed E-state index contributed by atoms with van der Waals surface area (Å²) >= 11 is 5.91. The molecular weight excluding hydrogens is 429 g/mol. The van der Waals surface area contributed by atoms with E-state index in [1.54, 1.807) is 6.92 Å². The van der Waals surface area contributed by atoms with E-state index in [2.05, 4.69) is 20.4 Å². The zero-order chi connectivity index (χ0) is 15.9. The molecule has 0 aliphatic heterocycles. The molecule has 2 rings (SSSR count). The van der Waals surface area contributed by atoms with Crippen LogP contribution in [0.25, 0.3) is 0 Å². The zero-order valence-corrected chi connectivity index (χ0v) is 16.5. The average Bonchev–Trinajstić information content (AvgIpc) is 2.91. The van der Waals surface area contributed by atoms with Crippen molar-refractivity contribution in [1.29, 1.82) is 0 Å². The summed E-state index contributed by atoms with van der Waals surface area (Å²) in [6, 6.07) is 7.78. The second kappa shape index (κ2) is 9.71. The molecule has 2 aromatic rings. The maximum absolute atomic E-state index is 5.91. The summed E-state index contributed by atoms with van der Waals surface area (Å²) in [6.45, 7) is 5.69. The van der Waals surface area contributed by atoms with Crippen molar-refractivity contribution < 1.29 is 4.52 Å². The van der Waals surface area contributed by atoms with Gasteiger partial charge in [0.15, 0.2) is 11.8 Å². The molecule has 0 fully saturated rings. The Morgan fingerprint density at radius 3 is 2.61 bits per heavy atom. The van der Waals surface area contributed by atoms with E-state index in [0.717, 1.165) is 29.6 Å². The first-order valence-electron chi connectivity index (χ1n) is 7.11. The highest BCUT2D eigenvalue weighted by Gasteiger charge is 2.08. The number of nitrogens with zero attached hydrogens (tertiary/aromatic N) is 4. The summed E-state index contributed by atoms with van der Waals surface area (Å²) in [5, 5.41) is 7.84. The van der Waals surface area contributed by atoms with Gasteiger partial charge in [-0.2, -0.15) is 4.98 Å². The van der Waals surface area contributed by atoms with Crippen LogP contribution in [0.15, 0.2) is 33.8 Å². The number of nitrogens with one attached hydrogen (secondary N) is 1. The van der Waals surface area contributed by atoms with Crippen molar-refractivity contribution in [1.82, 2.24) is 20.4 Å². The number of aromatic nitrogens is 2. The van der Waals surface area contributed by atoms with Gasteiger partial charge in [0.1, 0.15) is 6.54 Å². The molecule has 0 aliphatic carbocycles. The fraction of sp³-hybridized carbons (Fsp3) is 0.400. The predicted octanol–water partition coefficient (Wildman–Crippen LogP) is 3.25. The van der Waals surface area contributed by atoms with Crippen LogP contribution in [0.3, 0.4) is 0 Å². The maximum atomic E-state index is 5.91. The lowest BCUT2D eigenvalue weighted by Gasteiger charge is -2.22. The molecule has 23 heavy (non-hydrogen) atoms. The SMILES string of the molecule is CCNC(=NCc1noc(C)n1)N(C)Cc1ccc(Cl)cc1.I. The molecule has 1 aromatic heterocycles. The average molecular weight is 450 g/mol. The molecule has 1 heterocycles. The Morgan fingerprint density at radius 1 is 1.35 bits per heavy atom. The molecule has 0 amide bonds. The minimum absolute atomic E-state index is 0. The normalized spacial score (nSPS) is 11.0. The van der Waals surface area contributed by atoms with Crippen molar-refractivity contribution in [3.05, 3.63) is 46.6 Å². The van der Waals surface area contributed by atoms with Crippen LogP contribution in [0.4, 0.5) is 0 Å². The maximum Gasteiger partial charge on any atom is 0.223 e. The topological polar surface area (TPSA) is 66.5 Å². The van der Waals surface area contributed by atoms with Crippen LogP contribution in [-0.4, -0.2) is 34.6 Å². The van der Waals surface area contributed by atoms with E-state index in [9.17, 15) is 0 Å². The van der Waals surface area contributed by atoms with Gasteiger partial charge in [-0.3, -0.25) is 0 Å². The highest BCUT2D eigenvalue weighted by molar-refractivity contribution is 14.0. The molecule has 0 radical (unpaired) electrons. The Kier molecular flexibility index (Phi) is 8.32. The number of benzene rings is 1. The summed E-state index contributed by atoms with van der Waals surface area (Å²) in [4.78, 5) is 10.7. The lowest BCUT2D eigenvalue weighted by Crippen LogP contribution is -2.38. The van der Waals surface area contributed by atoms with Crippen LogP contribution in [0.5, 0.6) is 0 Å². The Hall–Kier alpha value is -1.35. The summed E-state index contributed by atoms with van der Waals surface area (Å²) in [5.41, 5.74) is 1.16. The Balaban J connectivity index is 0.00000264. The van der Waals surface area contributed by atoms with E-state index < -0.39 is 0 Å². The standard InChI is InChI=1S/C15H20ClN5O.HI/c1-4-17-15(18-9-14-19-11(2)22-20-14)21(3)10-12-5-7-13(16)8-6-12;/h5-8H,4,9-10H2,1-3H3,(H,17,18);1H. The largest absolute Gasteiger partial charge is 0.357 e. The van der Waals surface area contributed by atoms with Crippen molar-refractivity contribution >= 4 is 41.5 Å². The highest BCUT2D eigenvalue weighted by atomic mass is 127. The first kappa shape index (κ1) is 19.7. The van der Waals surface area contributed by atoms with Gasteiger partial charge in [0.25, 0.3) is 0 Å². The second-order valence-corrected chi connectivity index (χ2v) is 5.32. The van der Waals surface area contributed by atoms with Crippen molar-refractivity contribution in [2.24, 2.45) is 4.99 Å². The van der Waals surface area contributed by atoms with Crippen LogP contribution in [0.2, 0.25) is 5.02 Å². The molecule has 0 unspecified atom stereocenters. The van der Waals surface area contributed by atoms with Crippen LogP contribution in [-0.2, 0) is 13.1 Å². The van der Waals surface area contributed by atoms with Crippen molar-refractivity contribution in [2.75, 3.05) is 13.6 Å². The van der Waals surface area contributed by atoms with E-state index in [-0.39, 0.29) is 24.0 Å². The fourth-order valence-electron chi connectivity index (χ4n) is 1.96. The molecular formula is C15H21ClIN5O. The van der Waals surface area contributed by atoms with Crippen molar-refractivity contribution in [2.45, 2.75) is 26.9 Å². The molecule has 126 valence electrons. The number of rotatable bonds is 5. The Morgan fingerprint density at radius 2 is 2.04 bits per heavy atom. The first-order chi connectivity index (χ1) is 10.6. The van der Waals surface area contributed by atoms with Crippen LogP contribution < -0.4 is 5.32 Å².